The van der Waals surface area contributed by atoms with Crippen molar-refractivity contribution in [2.45, 2.75) is 17.1 Å². The molecule has 1 amide bonds. The summed E-state index contributed by atoms with van der Waals surface area (Å²) in [4.78, 5) is 23.5. The van der Waals surface area contributed by atoms with Crippen molar-refractivity contribution in [2.24, 2.45) is 17.0 Å². The second-order valence-electron chi connectivity index (χ2n) is 5.38. The predicted molar refractivity (Wildman–Crippen MR) is 76.2 cm³/mol. The fourth-order valence-electron chi connectivity index (χ4n) is 2.86. The van der Waals surface area contributed by atoms with Crippen LogP contribution in [-0.2, 0) is 24.3 Å². The van der Waals surface area contributed by atoms with Crippen molar-refractivity contribution in [1.82, 2.24) is 0 Å². The molecule has 0 radical (unpaired) electrons. The number of ether oxygens (including phenoxy) is 1. The Balaban J connectivity index is 1.77. The maximum Gasteiger partial charge on any atom is 0.238 e. The van der Waals surface area contributed by atoms with E-state index >= 15 is 0 Å². The van der Waals surface area contributed by atoms with Crippen LogP contribution in [0.1, 0.15) is 0 Å². The van der Waals surface area contributed by atoms with Crippen molar-refractivity contribution >= 4 is 27.6 Å². The minimum Gasteiger partial charge on any atom is -0.550 e. The van der Waals surface area contributed by atoms with Gasteiger partial charge < -0.3 is 20.0 Å². The van der Waals surface area contributed by atoms with E-state index in [2.05, 4.69) is 5.32 Å². The van der Waals surface area contributed by atoms with Crippen LogP contribution in [-0.4, -0.2) is 32.5 Å². The summed E-state index contributed by atoms with van der Waals surface area (Å²) >= 11 is 0. The Kier molecular flexibility index (Phi) is 3.71. The number of amides is 1. The molecular formula is C14H13N2O6S-. The number of aliphatic carboxylic acids is 1. The summed E-state index contributed by atoms with van der Waals surface area (Å²) < 4.78 is 27.7. The topological polar surface area (TPSA) is 139 Å². The van der Waals surface area contributed by atoms with Gasteiger partial charge in [0.1, 0.15) is 0 Å². The zero-order valence-corrected chi connectivity index (χ0v) is 12.5. The van der Waals surface area contributed by atoms with Gasteiger partial charge in [0.25, 0.3) is 0 Å². The Morgan fingerprint density at radius 2 is 1.65 bits per heavy atom. The predicted octanol–water partition coefficient (Wildman–Crippen LogP) is -1.41. The molecule has 1 aromatic carbocycles. The summed E-state index contributed by atoms with van der Waals surface area (Å²) in [5.41, 5.74) is 0.325. The quantitative estimate of drug-likeness (QED) is 0.647. The fraction of sp³-hybridized carbons (Fsp3) is 0.286. The number of rotatable bonds is 4. The number of carbonyl (C=O) groups is 2. The van der Waals surface area contributed by atoms with Gasteiger partial charge in [0.15, 0.2) is 0 Å². The molecule has 3 rings (SSSR count). The molecule has 1 fully saturated rings. The number of carbonyl (C=O) groups excluding carboxylic acids is 2. The molecule has 122 valence electrons. The van der Waals surface area contributed by atoms with E-state index in [0.717, 1.165) is 0 Å². The van der Waals surface area contributed by atoms with Gasteiger partial charge in [-0.15, -0.1) is 0 Å². The number of carboxylic acid groups (broad SMARTS) is 1. The molecule has 0 saturated carbocycles. The molecule has 23 heavy (non-hydrogen) atoms. The molecule has 3 N–H and O–H groups in total. The zero-order chi connectivity index (χ0) is 16.8. The van der Waals surface area contributed by atoms with E-state index in [1.165, 1.54) is 24.3 Å². The minimum absolute atomic E-state index is 0.0886. The lowest BCUT2D eigenvalue weighted by Gasteiger charge is -2.24. The second kappa shape index (κ2) is 5.44. The molecule has 0 spiro atoms. The van der Waals surface area contributed by atoms with Gasteiger partial charge in [0.2, 0.25) is 15.9 Å². The highest BCUT2D eigenvalue weighted by Gasteiger charge is 2.50. The SMILES string of the molecule is NS(=O)(=O)c1ccc(NC(=O)[C@@H]2[C@@H](C(=O)[O-])[C@@H]3C=C[C@H]2O3)cc1. The molecule has 1 saturated heterocycles. The van der Waals surface area contributed by atoms with Gasteiger partial charge in [0.05, 0.1) is 23.0 Å². The third kappa shape index (κ3) is 2.85. The summed E-state index contributed by atoms with van der Waals surface area (Å²) in [5, 5.41) is 18.8. The Hall–Kier alpha value is -2.23. The average molecular weight is 337 g/mol. The molecule has 0 unspecified atom stereocenters. The van der Waals surface area contributed by atoms with Crippen LogP contribution in [0.4, 0.5) is 5.69 Å². The van der Waals surface area contributed by atoms with Crippen molar-refractivity contribution < 1.29 is 27.9 Å². The first-order valence-electron chi connectivity index (χ1n) is 6.76. The van der Waals surface area contributed by atoms with Crippen molar-refractivity contribution in [3.63, 3.8) is 0 Å². The van der Waals surface area contributed by atoms with Gasteiger partial charge in [-0.1, -0.05) is 12.2 Å². The highest BCUT2D eigenvalue weighted by Crippen LogP contribution is 2.39. The van der Waals surface area contributed by atoms with E-state index in [1.54, 1.807) is 12.2 Å². The maximum absolute atomic E-state index is 12.3. The third-order valence-electron chi connectivity index (χ3n) is 3.92. The van der Waals surface area contributed by atoms with Crippen LogP contribution in [0.15, 0.2) is 41.3 Å². The number of benzene rings is 1. The monoisotopic (exact) mass is 337 g/mol. The molecular weight excluding hydrogens is 324 g/mol. The van der Waals surface area contributed by atoms with Crippen LogP contribution in [0.2, 0.25) is 0 Å². The first-order valence-corrected chi connectivity index (χ1v) is 8.30. The Morgan fingerprint density at radius 1 is 1.09 bits per heavy atom. The summed E-state index contributed by atoms with van der Waals surface area (Å²) in [7, 11) is -3.82. The van der Waals surface area contributed by atoms with Crippen LogP contribution >= 0.6 is 0 Å². The molecule has 9 heteroatoms. The van der Waals surface area contributed by atoms with Gasteiger partial charge >= 0.3 is 0 Å². The fourth-order valence-corrected chi connectivity index (χ4v) is 3.37. The maximum atomic E-state index is 12.3. The van der Waals surface area contributed by atoms with Crippen LogP contribution in [0.3, 0.4) is 0 Å². The highest BCUT2D eigenvalue weighted by atomic mass is 32.2. The van der Waals surface area contributed by atoms with E-state index in [4.69, 9.17) is 9.88 Å². The number of nitrogens with one attached hydrogen (secondary N) is 1. The molecule has 4 atom stereocenters. The van der Waals surface area contributed by atoms with Crippen molar-refractivity contribution in [3.05, 3.63) is 36.4 Å². The van der Waals surface area contributed by atoms with Crippen molar-refractivity contribution in [1.29, 1.82) is 0 Å². The van der Waals surface area contributed by atoms with E-state index in [-0.39, 0.29) is 4.90 Å². The van der Waals surface area contributed by atoms with Crippen LogP contribution in [0.25, 0.3) is 0 Å². The second-order valence-corrected chi connectivity index (χ2v) is 6.94. The number of nitrogens with two attached hydrogens (primary N) is 1. The number of carboxylic acids is 1. The van der Waals surface area contributed by atoms with Gasteiger partial charge in [-0.25, -0.2) is 13.6 Å². The number of sulfonamides is 1. The molecule has 0 aliphatic carbocycles. The van der Waals surface area contributed by atoms with Crippen LogP contribution in [0.5, 0.6) is 0 Å². The third-order valence-corrected chi connectivity index (χ3v) is 4.85. The molecule has 1 aromatic rings. The number of hydrogen-bond donors (Lipinski definition) is 2. The summed E-state index contributed by atoms with van der Waals surface area (Å²) in [6, 6.07) is 5.24. The van der Waals surface area contributed by atoms with Crippen LogP contribution in [0, 0.1) is 11.8 Å². The summed E-state index contributed by atoms with van der Waals surface area (Å²) in [6.07, 6.45) is 1.99. The zero-order valence-electron chi connectivity index (χ0n) is 11.7. The van der Waals surface area contributed by atoms with E-state index < -0.39 is 45.9 Å². The van der Waals surface area contributed by atoms with Gasteiger partial charge in [-0.2, -0.15) is 0 Å². The molecule has 8 nitrogen and oxygen atoms in total. The number of anilines is 1. The number of hydrogen-bond acceptors (Lipinski definition) is 6. The highest BCUT2D eigenvalue weighted by molar-refractivity contribution is 7.89. The van der Waals surface area contributed by atoms with Crippen molar-refractivity contribution in [2.75, 3.05) is 5.32 Å². The smallest absolute Gasteiger partial charge is 0.238 e. The molecule has 2 aliphatic heterocycles. The van der Waals surface area contributed by atoms with E-state index in [0.29, 0.717) is 5.69 Å². The lowest BCUT2D eigenvalue weighted by atomic mass is 9.82. The standard InChI is InChI=1S/C14H14N2O6S/c15-23(20,21)8-3-1-7(2-4-8)16-13(17)11-9-5-6-10(22-9)12(11)14(18)19/h1-6,9-12H,(H,16,17)(H,18,19)(H2,15,20,21)/p-1/t9-,10+,11+,12+/m1/s1. The number of primary sulfonamides is 1. The normalized spacial score (nSPS) is 28.7. The van der Waals surface area contributed by atoms with Gasteiger partial charge in [0, 0.05) is 17.6 Å². The molecule has 0 aromatic heterocycles. The largest absolute Gasteiger partial charge is 0.550 e. The number of fused-ring (bicyclic) bond motifs is 2. The van der Waals surface area contributed by atoms with E-state index in [9.17, 15) is 23.1 Å². The first kappa shape index (κ1) is 15.7. The summed E-state index contributed by atoms with van der Waals surface area (Å²) in [6.45, 7) is 0. The molecule has 2 heterocycles. The van der Waals surface area contributed by atoms with Crippen molar-refractivity contribution in [3.8, 4) is 0 Å². The first-order chi connectivity index (χ1) is 10.8. The Morgan fingerprint density at radius 3 is 2.17 bits per heavy atom. The lowest BCUT2D eigenvalue weighted by Crippen LogP contribution is -2.45. The Labute approximate surface area is 132 Å². The van der Waals surface area contributed by atoms with Crippen LogP contribution < -0.4 is 15.6 Å². The molecule has 2 bridgehead atoms. The van der Waals surface area contributed by atoms with Gasteiger partial charge in [-0.3, -0.25) is 4.79 Å². The van der Waals surface area contributed by atoms with E-state index in [1.807, 2.05) is 0 Å². The minimum atomic E-state index is -3.82. The summed E-state index contributed by atoms with van der Waals surface area (Å²) in [5.74, 6) is -3.81. The molecule has 2 aliphatic rings. The Bertz CT molecular complexity index is 786. The van der Waals surface area contributed by atoms with Gasteiger partial charge in [-0.05, 0) is 24.3 Å². The lowest BCUT2D eigenvalue weighted by molar-refractivity contribution is -0.313. The average Bonchev–Trinajstić information content (AvgIpc) is 3.07.